The molecule has 102 valence electrons. The van der Waals surface area contributed by atoms with E-state index in [9.17, 15) is 5.11 Å². The van der Waals surface area contributed by atoms with Crippen LogP contribution in [0.3, 0.4) is 0 Å². The molecule has 0 saturated heterocycles. The minimum Gasteiger partial charge on any atom is -0.506 e. The summed E-state index contributed by atoms with van der Waals surface area (Å²) in [5.74, 6) is 0.215. The van der Waals surface area contributed by atoms with Crippen LogP contribution in [0.4, 0.5) is 5.69 Å². The monoisotopic (exact) mass is 395 g/mol. The molecule has 0 saturated carbocycles. The number of nitrogens with zero attached hydrogens (tertiary/aromatic N) is 1. The van der Waals surface area contributed by atoms with Crippen molar-refractivity contribution in [3.8, 4) is 5.75 Å². The molecule has 2 aromatic carbocycles. The first-order valence-corrected chi connectivity index (χ1v) is 7.56. The quantitative estimate of drug-likeness (QED) is 0.614. The summed E-state index contributed by atoms with van der Waals surface area (Å²) in [6.07, 6.45) is 1.80. The molecular formula is C14H11Br2N3O. The fourth-order valence-electron chi connectivity index (χ4n) is 1.97. The van der Waals surface area contributed by atoms with Gasteiger partial charge < -0.3 is 10.4 Å². The number of fused-ring (bicyclic) bond motifs is 1. The van der Waals surface area contributed by atoms with Gasteiger partial charge in [-0.2, -0.15) is 5.10 Å². The van der Waals surface area contributed by atoms with Crippen molar-refractivity contribution >= 4 is 48.5 Å². The van der Waals surface area contributed by atoms with E-state index in [-0.39, 0.29) is 5.75 Å². The van der Waals surface area contributed by atoms with E-state index < -0.39 is 0 Å². The van der Waals surface area contributed by atoms with E-state index in [1.54, 1.807) is 6.20 Å². The minimum absolute atomic E-state index is 0.215. The standard InChI is InChI=1S/C14H11Br2N3O/c15-11-3-8(4-12(16)14(11)20)6-17-10-2-1-9-7-18-19-13(9)5-10/h1-5,7,17,20H,6H2,(H,18,19). The number of anilines is 1. The second-order valence-electron chi connectivity index (χ2n) is 4.43. The summed E-state index contributed by atoms with van der Waals surface area (Å²) in [6, 6.07) is 9.84. The Kier molecular flexibility index (Phi) is 3.67. The van der Waals surface area contributed by atoms with Crippen molar-refractivity contribution in [2.45, 2.75) is 6.54 Å². The lowest BCUT2D eigenvalue weighted by Gasteiger charge is -2.09. The normalized spacial score (nSPS) is 10.9. The number of halogens is 2. The van der Waals surface area contributed by atoms with E-state index in [2.05, 4.69) is 47.4 Å². The molecule has 4 nitrogen and oxygen atoms in total. The first-order chi connectivity index (χ1) is 9.63. The molecule has 0 aliphatic carbocycles. The molecule has 3 rings (SSSR count). The van der Waals surface area contributed by atoms with Crippen LogP contribution in [0, 0.1) is 0 Å². The van der Waals surface area contributed by atoms with Crippen molar-refractivity contribution in [3.63, 3.8) is 0 Å². The van der Waals surface area contributed by atoms with Crippen molar-refractivity contribution in [1.82, 2.24) is 10.2 Å². The lowest BCUT2D eigenvalue weighted by molar-refractivity contribution is 0.468. The number of H-pyrrole nitrogens is 1. The summed E-state index contributed by atoms with van der Waals surface area (Å²) in [7, 11) is 0. The van der Waals surface area contributed by atoms with Crippen molar-refractivity contribution in [2.75, 3.05) is 5.32 Å². The Morgan fingerprint density at radius 1 is 1.15 bits per heavy atom. The van der Waals surface area contributed by atoms with Crippen LogP contribution in [0.25, 0.3) is 10.9 Å². The maximum absolute atomic E-state index is 9.69. The zero-order valence-corrected chi connectivity index (χ0v) is 13.5. The third-order valence-corrected chi connectivity index (χ3v) is 4.22. The van der Waals surface area contributed by atoms with E-state index >= 15 is 0 Å². The van der Waals surface area contributed by atoms with Crippen LogP contribution >= 0.6 is 31.9 Å². The van der Waals surface area contributed by atoms with Gasteiger partial charge in [0.25, 0.3) is 0 Å². The number of aromatic hydroxyl groups is 1. The Morgan fingerprint density at radius 2 is 1.90 bits per heavy atom. The Hall–Kier alpha value is -1.53. The van der Waals surface area contributed by atoms with Gasteiger partial charge >= 0.3 is 0 Å². The van der Waals surface area contributed by atoms with Crippen LogP contribution in [-0.4, -0.2) is 15.3 Å². The maximum Gasteiger partial charge on any atom is 0.143 e. The highest BCUT2D eigenvalue weighted by atomic mass is 79.9. The van der Waals surface area contributed by atoms with Crippen molar-refractivity contribution < 1.29 is 5.11 Å². The molecule has 0 spiro atoms. The summed E-state index contributed by atoms with van der Waals surface area (Å²) in [5.41, 5.74) is 3.08. The molecule has 1 heterocycles. The van der Waals surface area contributed by atoms with E-state index in [1.165, 1.54) is 0 Å². The highest BCUT2D eigenvalue weighted by Gasteiger charge is 2.06. The van der Waals surface area contributed by atoms with Crippen LogP contribution in [-0.2, 0) is 6.54 Å². The van der Waals surface area contributed by atoms with Crippen LogP contribution in [0.5, 0.6) is 5.75 Å². The van der Waals surface area contributed by atoms with E-state index in [0.29, 0.717) is 15.5 Å². The SMILES string of the molecule is Oc1c(Br)cc(CNc2ccc3cn[nH]c3c2)cc1Br. The first-order valence-electron chi connectivity index (χ1n) is 5.97. The predicted octanol–water partition coefficient (Wildman–Crippen LogP) is 4.41. The molecule has 0 fully saturated rings. The predicted molar refractivity (Wildman–Crippen MR) is 86.9 cm³/mol. The average Bonchev–Trinajstić information content (AvgIpc) is 2.89. The number of benzene rings is 2. The third kappa shape index (κ3) is 2.66. The van der Waals surface area contributed by atoms with E-state index in [1.807, 2.05) is 30.3 Å². The van der Waals surface area contributed by atoms with Gasteiger partial charge in [-0.15, -0.1) is 0 Å². The number of aromatic nitrogens is 2. The molecule has 0 atom stereocenters. The van der Waals surface area contributed by atoms with Gasteiger partial charge in [-0.3, -0.25) is 5.10 Å². The van der Waals surface area contributed by atoms with Gasteiger partial charge in [0.05, 0.1) is 20.7 Å². The van der Waals surface area contributed by atoms with Crippen LogP contribution in [0.1, 0.15) is 5.56 Å². The van der Waals surface area contributed by atoms with E-state index in [4.69, 9.17) is 0 Å². The summed E-state index contributed by atoms with van der Waals surface area (Å²) in [4.78, 5) is 0. The van der Waals surface area contributed by atoms with Crippen molar-refractivity contribution in [3.05, 3.63) is 51.0 Å². The molecule has 6 heteroatoms. The maximum atomic E-state index is 9.69. The molecule has 0 radical (unpaired) electrons. The second-order valence-corrected chi connectivity index (χ2v) is 6.14. The highest BCUT2D eigenvalue weighted by molar-refractivity contribution is 9.11. The highest BCUT2D eigenvalue weighted by Crippen LogP contribution is 2.33. The number of rotatable bonds is 3. The molecule has 0 aliphatic heterocycles. The fourth-order valence-corrected chi connectivity index (χ4v) is 3.25. The van der Waals surface area contributed by atoms with Gasteiger partial charge in [-0.05, 0) is 67.8 Å². The minimum atomic E-state index is 0.215. The van der Waals surface area contributed by atoms with Crippen molar-refractivity contribution in [2.24, 2.45) is 0 Å². The smallest absolute Gasteiger partial charge is 0.143 e. The number of aromatic amines is 1. The molecule has 1 aromatic heterocycles. The molecule has 0 bridgehead atoms. The lowest BCUT2D eigenvalue weighted by Crippen LogP contribution is -1.99. The summed E-state index contributed by atoms with van der Waals surface area (Å²) >= 11 is 6.66. The zero-order valence-electron chi connectivity index (χ0n) is 10.3. The van der Waals surface area contributed by atoms with Gasteiger partial charge in [-0.25, -0.2) is 0 Å². The second kappa shape index (κ2) is 5.46. The summed E-state index contributed by atoms with van der Waals surface area (Å²) < 4.78 is 1.35. The Bertz CT molecular complexity index is 747. The molecule has 0 aliphatic rings. The van der Waals surface area contributed by atoms with Gasteiger partial charge in [0, 0.05) is 17.6 Å². The molecule has 0 amide bonds. The Balaban J connectivity index is 1.78. The Morgan fingerprint density at radius 3 is 2.65 bits per heavy atom. The first kappa shape index (κ1) is 13.5. The molecule has 3 aromatic rings. The summed E-state index contributed by atoms with van der Waals surface area (Å²) in [5, 5.41) is 21.1. The van der Waals surface area contributed by atoms with Gasteiger partial charge in [0.15, 0.2) is 0 Å². The van der Waals surface area contributed by atoms with Gasteiger partial charge in [0.1, 0.15) is 5.75 Å². The lowest BCUT2D eigenvalue weighted by atomic mass is 10.2. The number of phenolic OH excluding ortho intramolecular Hbond substituents is 1. The van der Waals surface area contributed by atoms with E-state index in [0.717, 1.165) is 22.2 Å². The summed E-state index contributed by atoms with van der Waals surface area (Å²) in [6.45, 7) is 0.664. The molecular weight excluding hydrogens is 386 g/mol. The van der Waals surface area contributed by atoms with Crippen LogP contribution in [0.2, 0.25) is 0 Å². The van der Waals surface area contributed by atoms with Crippen LogP contribution in [0.15, 0.2) is 45.5 Å². The third-order valence-electron chi connectivity index (χ3n) is 3.02. The molecule has 20 heavy (non-hydrogen) atoms. The topological polar surface area (TPSA) is 60.9 Å². The average molecular weight is 397 g/mol. The van der Waals surface area contributed by atoms with Crippen LogP contribution < -0.4 is 5.32 Å². The molecule has 0 unspecified atom stereocenters. The largest absolute Gasteiger partial charge is 0.506 e. The van der Waals surface area contributed by atoms with Gasteiger partial charge in [0.2, 0.25) is 0 Å². The molecule has 3 N–H and O–H groups in total. The Labute approximate surface area is 132 Å². The number of nitrogens with one attached hydrogen (secondary N) is 2. The zero-order chi connectivity index (χ0) is 14.1. The number of hydrogen-bond acceptors (Lipinski definition) is 3. The number of phenols is 1. The van der Waals surface area contributed by atoms with Crippen molar-refractivity contribution in [1.29, 1.82) is 0 Å². The fraction of sp³-hybridized carbons (Fsp3) is 0.0714. The number of hydrogen-bond donors (Lipinski definition) is 3. The van der Waals surface area contributed by atoms with Gasteiger partial charge in [-0.1, -0.05) is 0 Å².